The lowest BCUT2D eigenvalue weighted by Crippen LogP contribution is -2.40. The Morgan fingerprint density at radius 2 is 1.85 bits per heavy atom. The van der Waals surface area contributed by atoms with Crippen LogP contribution in [0.2, 0.25) is 0 Å². The van der Waals surface area contributed by atoms with Crippen LogP contribution in [-0.4, -0.2) is 35.0 Å². The monoisotopic (exact) mass is 288 g/mol. The molecule has 0 bridgehead atoms. The first-order valence-corrected chi connectivity index (χ1v) is 7.70. The van der Waals surface area contributed by atoms with Crippen molar-refractivity contribution in [1.29, 1.82) is 0 Å². The maximum absolute atomic E-state index is 10.9. The van der Waals surface area contributed by atoms with Gasteiger partial charge < -0.3 is 14.9 Å². The number of esters is 1. The molecular weight excluding hydrogens is 256 g/mol. The lowest BCUT2D eigenvalue weighted by atomic mass is 9.78. The second kappa shape index (κ2) is 9.35. The van der Waals surface area contributed by atoms with Crippen LogP contribution in [0.3, 0.4) is 0 Å². The number of aliphatic hydroxyl groups is 2. The molecule has 0 radical (unpaired) electrons. The van der Waals surface area contributed by atoms with Gasteiger partial charge in [0.15, 0.2) is 0 Å². The zero-order valence-electron chi connectivity index (χ0n) is 13.7. The van der Waals surface area contributed by atoms with E-state index < -0.39 is 11.5 Å². The van der Waals surface area contributed by atoms with E-state index in [1.807, 2.05) is 20.8 Å². The molecule has 0 saturated heterocycles. The fourth-order valence-corrected chi connectivity index (χ4v) is 2.45. The summed E-state index contributed by atoms with van der Waals surface area (Å²) in [5, 5.41) is 20.4. The van der Waals surface area contributed by atoms with Crippen LogP contribution in [0.5, 0.6) is 0 Å². The van der Waals surface area contributed by atoms with Crippen LogP contribution in [0.1, 0.15) is 66.7 Å². The van der Waals surface area contributed by atoms with Gasteiger partial charge in [-0.05, 0) is 18.8 Å². The fraction of sp³-hybridized carbons (Fsp3) is 0.938. The molecule has 0 amide bonds. The van der Waals surface area contributed by atoms with E-state index in [1.54, 1.807) is 0 Å². The molecule has 0 aromatic rings. The molecule has 0 heterocycles. The number of ether oxygens (including phenoxy) is 1. The number of rotatable bonds is 10. The van der Waals surface area contributed by atoms with E-state index in [9.17, 15) is 15.0 Å². The van der Waals surface area contributed by atoms with E-state index in [4.69, 9.17) is 4.74 Å². The van der Waals surface area contributed by atoms with Crippen molar-refractivity contribution >= 4 is 5.97 Å². The molecule has 20 heavy (non-hydrogen) atoms. The Labute approximate surface area is 123 Å². The van der Waals surface area contributed by atoms with Crippen LogP contribution in [0, 0.1) is 11.3 Å². The Kier molecular flexibility index (Phi) is 9.06. The molecule has 0 aromatic carbocycles. The number of aliphatic hydroxyl groups excluding tert-OH is 2. The standard InChI is InChI=1S/C16H32O4/c1-6-7-8-9-14(18)10-12(2)15(19)16(4,5)11-20-13(3)17/h12,14-15,18-19H,6-11H2,1-5H3. The Morgan fingerprint density at radius 1 is 1.25 bits per heavy atom. The molecule has 0 aliphatic heterocycles. The summed E-state index contributed by atoms with van der Waals surface area (Å²) in [5.74, 6) is -0.366. The van der Waals surface area contributed by atoms with Crippen molar-refractivity contribution in [2.24, 2.45) is 11.3 Å². The first kappa shape index (κ1) is 19.4. The van der Waals surface area contributed by atoms with Gasteiger partial charge >= 0.3 is 5.97 Å². The molecule has 0 aliphatic carbocycles. The third kappa shape index (κ3) is 7.85. The van der Waals surface area contributed by atoms with Crippen molar-refractivity contribution in [3.63, 3.8) is 0 Å². The molecule has 0 spiro atoms. The van der Waals surface area contributed by atoms with Crippen LogP contribution in [-0.2, 0) is 9.53 Å². The van der Waals surface area contributed by atoms with Crippen molar-refractivity contribution in [3.05, 3.63) is 0 Å². The van der Waals surface area contributed by atoms with Gasteiger partial charge in [0.1, 0.15) is 0 Å². The average molecular weight is 288 g/mol. The molecule has 3 unspecified atom stereocenters. The van der Waals surface area contributed by atoms with E-state index in [0.29, 0.717) is 6.42 Å². The van der Waals surface area contributed by atoms with Crippen LogP contribution >= 0.6 is 0 Å². The maximum atomic E-state index is 10.9. The number of carbonyl (C=O) groups is 1. The highest BCUT2D eigenvalue weighted by Crippen LogP contribution is 2.29. The van der Waals surface area contributed by atoms with Gasteiger partial charge in [-0.3, -0.25) is 4.79 Å². The van der Waals surface area contributed by atoms with Crippen molar-refractivity contribution in [3.8, 4) is 0 Å². The van der Waals surface area contributed by atoms with Gasteiger partial charge in [0.2, 0.25) is 0 Å². The van der Waals surface area contributed by atoms with Crippen molar-refractivity contribution < 1.29 is 19.7 Å². The minimum absolute atomic E-state index is 0.0304. The number of hydrogen-bond donors (Lipinski definition) is 2. The second-order valence-electron chi connectivity index (χ2n) is 6.58. The van der Waals surface area contributed by atoms with Crippen LogP contribution < -0.4 is 0 Å². The van der Waals surface area contributed by atoms with Gasteiger partial charge in [0.05, 0.1) is 18.8 Å². The fourth-order valence-electron chi connectivity index (χ4n) is 2.45. The molecule has 2 N–H and O–H groups in total. The van der Waals surface area contributed by atoms with Crippen LogP contribution in [0.4, 0.5) is 0 Å². The first-order chi connectivity index (χ1) is 9.20. The Hall–Kier alpha value is -0.610. The summed E-state index contributed by atoms with van der Waals surface area (Å²) in [6.45, 7) is 9.38. The topological polar surface area (TPSA) is 66.8 Å². The molecule has 4 heteroatoms. The minimum atomic E-state index is -0.609. The predicted octanol–water partition coefficient (Wildman–Crippen LogP) is 2.90. The van der Waals surface area contributed by atoms with Gasteiger partial charge in [0, 0.05) is 12.3 Å². The smallest absolute Gasteiger partial charge is 0.302 e. The zero-order chi connectivity index (χ0) is 15.8. The molecule has 4 nitrogen and oxygen atoms in total. The molecule has 0 rings (SSSR count). The summed E-state index contributed by atoms with van der Waals surface area (Å²) < 4.78 is 5.00. The number of hydrogen-bond acceptors (Lipinski definition) is 4. The second-order valence-corrected chi connectivity index (χ2v) is 6.58. The molecule has 0 fully saturated rings. The first-order valence-electron chi connectivity index (χ1n) is 7.70. The molecule has 0 saturated carbocycles. The Bertz CT molecular complexity index is 276. The van der Waals surface area contributed by atoms with Crippen molar-refractivity contribution in [1.82, 2.24) is 0 Å². The van der Waals surface area contributed by atoms with E-state index in [2.05, 4.69) is 6.92 Å². The Morgan fingerprint density at radius 3 is 2.35 bits per heavy atom. The summed E-state index contributed by atoms with van der Waals surface area (Å²) in [4.78, 5) is 10.9. The average Bonchev–Trinajstić information content (AvgIpc) is 2.35. The minimum Gasteiger partial charge on any atom is -0.465 e. The summed E-state index contributed by atoms with van der Waals surface area (Å²) in [5.41, 5.74) is -0.506. The van der Waals surface area contributed by atoms with E-state index in [1.165, 1.54) is 6.92 Å². The summed E-state index contributed by atoms with van der Waals surface area (Å²) >= 11 is 0. The highest BCUT2D eigenvalue weighted by Gasteiger charge is 2.33. The molecule has 120 valence electrons. The van der Waals surface area contributed by atoms with E-state index >= 15 is 0 Å². The van der Waals surface area contributed by atoms with Gasteiger partial charge in [-0.1, -0.05) is 47.0 Å². The highest BCUT2D eigenvalue weighted by molar-refractivity contribution is 5.65. The zero-order valence-corrected chi connectivity index (χ0v) is 13.7. The van der Waals surface area contributed by atoms with Gasteiger partial charge in [-0.2, -0.15) is 0 Å². The molecule has 0 aliphatic rings. The largest absolute Gasteiger partial charge is 0.465 e. The van der Waals surface area contributed by atoms with E-state index in [0.717, 1.165) is 25.7 Å². The van der Waals surface area contributed by atoms with Crippen LogP contribution in [0.15, 0.2) is 0 Å². The predicted molar refractivity (Wildman–Crippen MR) is 80.4 cm³/mol. The maximum Gasteiger partial charge on any atom is 0.302 e. The normalized spacial score (nSPS) is 16.6. The van der Waals surface area contributed by atoms with Gasteiger partial charge in [-0.15, -0.1) is 0 Å². The van der Waals surface area contributed by atoms with Crippen LogP contribution in [0.25, 0.3) is 0 Å². The Balaban J connectivity index is 4.23. The quantitative estimate of drug-likeness (QED) is 0.479. The van der Waals surface area contributed by atoms with Crippen molar-refractivity contribution in [2.75, 3.05) is 6.61 Å². The van der Waals surface area contributed by atoms with Crippen molar-refractivity contribution in [2.45, 2.75) is 78.9 Å². The lowest BCUT2D eigenvalue weighted by Gasteiger charge is -2.34. The SMILES string of the molecule is CCCCCC(O)CC(C)C(O)C(C)(C)COC(C)=O. The third-order valence-corrected chi connectivity index (χ3v) is 3.77. The lowest BCUT2D eigenvalue weighted by molar-refractivity contribution is -0.147. The highest BCUT2D eigenvalue weighted by atomic mass is 16.5. The number of carbonyl (C=O) groups excluding carboxylic acids is 1. The summed E-state index contributed by atoms with van der Waals surface area (Å²) in [7, 11) is 0. The number of unbranched alkanes of at least 4 members (excludes halogenated alkanes) is 2. The summed E-state index contributed by atoms with van der Waals surface area (Å²) in [6, 6.07) is 0. The summed E-state index contributed by atoms with van der Waals surface area (Å²) in [6.07, 6.45) is 3.69. The van der Waals surface area contributed by atoms with E-state index in [-0.39, 0.29) is 24.6 Å². The third-order valence-electron chi connectivity index (χ3n) is 3.77. The molecule has 3 atom stereocenters. The van der Waals surface area contributed by atoms with Gasteiger partial charge in [0.25, 0.3) is 0 Å². The van der Waals surface area contributed by atoms with Gasteiger partial charge in [-0.25, -0.2) is 0 Å². The molecular formula is C16H32O4. The molecule has 0 aromatic heterocycles.